The van der Waals surface area contributed by atoms with E-state index < -0.39 is 0 Å². The smallest absolute Gasteiger partial charge is 0.165 e. The highest BCUT2D eigenvalue weighted by molar-refractivity contribution is 6.31. The summed E-state index contributed by atoms with van der Waals surface area (Å²) in [5.74, 6) is -0.127. The van der Waals surface area contributed by atoms with E-state index in [2.05, 4.69) is 12.2 Å². The summed E-state index contributed by atoms with van der Waals surface area (Å²) < 4.78 is 18.9. The lowest BCUT2D eigenvalue weighted by Crippen LogP contribution is -2.23. The van der Waals surface area contributed by atoms with Crippen LogP contribution in [0.3, 0.4) is 0 Å². The van der Waals surface area contributed by atoms with Crippen LogP contribution in [0.15, 0.2) is 42.5 Å². The summed E-state index contributed by atoms with van der Waals surface area (Å²) >= 11 is 6.29. The summed E-state index contributed by atoms with van der Waals surface area (Å²) in [5.41, 5.74) is 1.77. The third-order valence-corrected chi connectivity index (χ3v) is 3.67. The number of ether oxygens (including phenoxy) is 1. The van der Waals surface area contributed by atoms with E-state index in [0.717, 1.165) is 24.1 Å². The number of benzene rings is 2. The Bertz CT molecular complexity index is 603. The van der Waals surface area contributed by atoms with E-state index in [9.17, 15) is 4.39 Å². The van der Waals surface area contributed by atoms with Crippen LogP contribution in [0.4, 0.5) is 4.39 Å². The lowest BCUT2D eigenvalue weighted by atomic mass is 9.98. The monoisotopic (exact) mass is 307 g/mol. The van der Waals surface area contributed by atoms with Crippen molar-refractivity contribution < 1.29 is 9.13 Å². The fourth-order valence-electron chi connectivity index (χ4n) is 2.27. The highest BCUT2D eigenvalue weighted by atomic mass is 35.5. The van der Waals surface area contributed by atoms with E-state index in [0.29, 0.717) is 5.02 Å². The molecular formula is C17H19ClFNO. The van der Waals surface area contributed by atoms with Gasteiger partial charge in [-0.25, -0.2) is 4.39 Å². The van der Waals surface area contributed by atoms with Crippen molar-refractivity contribution in [2.45, 2.75) is 19.4 Å². The molecule has 112 valence electrons. The molecule has 0 amide bonds. The second-order valence-corrected chi connectivity index (χ2v) is 5.21. The summed E-state index contributed by atoms with van der Waals surface area (Å²) in [6.45, 7) is 2.91. The molecular weight excluding hydrogens is 289 g/mol. The lowest BCUT2D eigenvalue weighted by molar-refractivity contribution is 0.385. The normalized spacial score (nSPS) is 12.2. The minimum Gasteiger partial charge on any atom is -0.494 e. The first-order chi connectivity index (χ1) is 10.2. The van der Waals surface area contributed by atoms with Crippen molar-refractivity contribution >= 4 is 11.6 Å². The van der Waals surface area contributed by atoms with Gasteiger partial charge in [-0.15, -0.1) is 0 Å². The molecule has 2 rings (SSSR count). The number of methoxy groups -OCH3 is 1. The van der Waals surface area contributed by atoms with Gasteiger partial charge in [-0.3, -0.25) is 0 Å². The van der Waals surface area contributed by atoms with Crippen LogP contribution in [0.5, 0.6) is 5.75 Å². The van der Waals surface area contributed by atoms with Gasteiger partial charge in [0.1, 0.15) is 0 Å². The van der Waals surface area contributed by atoms with Gasteiger partial charge in [-0.2, -0.15) is 0 Å². The van der Waals surface area contributed by atoms with Crippen molar-refractivity contribution in [1.82, 2.24) is 5.32 Å². The van der Waals surface area contributed by atoms with Crippen molar-refractivity contribution in [2.75, 3.05) is 13.7 Å². The van der Waals surface area contributed by atoms with Crippen molar-refractivity contribution in [3.05, 3.63) is 64.4 Å². The Labute approximate surface area is 129 Å². The molecule has 0 aromatic heterocycles. The maximum atomic E-state index is 14.0. The van der Waals surface area contributed by atoms with E-state index in [-0.39, 0.29) is 17.6 Å². The molecule has 1 unspecified atom stereocenters. The number of nitrogens with one attached hydrogen (secondary N) is 1. The lowest BCUT2D eigenvalue weighted by Gasteiger charge is -2.21. The molecule has 0 aliphatic heterocycles. The molecule has 0 radical (unpaired) electrons. The zero-order valence-corrected chi connectivity index (χ0v) is 13.0. The van der Waals surface area contributed by atoms with Gasteiger partial charge < -0.3 is 10.1 Å². The minimum atomic E-state index is -0.370. The van der Waals surface area contributed by atoms with Gasteiger partial charge >= 0.3 is 0 Å². The number of halogens is 2. The summed E-state index contributed by atoms with van der Waals surface area (Å²) in [6.07, 6.45) is 0.986. The maximum absolute atomic E-state index is 14.0. The summed E-state index contributed by atoms with van der Waals surface area (Å²) in [7, 11) is 1.46. The maximum Gasteiger partial charge on any atom is 0.165 e. The van der Waals surface area contributed by atoms with Gasteiger partial charge in [0.05, 0.1) is 13.2 Å². The third-order valence-electron chi connectivity index (χ3n) is 3.32. The van der Waals surface area contributed by atoms with Gasteiger partial charge in [-0.1, -0.05) is 42.8 Å². The summed E-state index contributed by atoms with van der Waals surface area (Å²) in [5, 5.41) is 4.08. The highest BCUT2D eigenvalue weighted by Crippen LogP contribution is 2.30. The molecule has 21 heavy (non-hydrogen) atoms. The first-order valence-electron chi connectivity index (χ1n) is 6.98. The van der Waals surface area contributed by atoms with Crippen LogP contribution in [-0.2, 0) is 0 Å². The van der Waals surface area contributed by atoms with Crippen molar-refractivity contribution in [3.63, 3.8) is 0 Å². The van der Waals surface area contributed by atoms with Crippen LogP contribution >= 0.6 is 11.6 Å². The zero-order chi connectivity index (χ0) is 15.2. The predicted octanol–water partition coefficient (Wildman–Crippen LogP) is 4.58. The van der Waals surface area contributed by atoms with Crippen LogP contribution in [-0.4, -0.2) is 13.7 Å². The first kappa shape index (κ1) is 15.8. The second kappa shape index (κ2) is 7.43. The summed E-state index contributed by atoms with van der Waals surface area (Å²) in [4.78, 5) is 0. The van der Waals surface area contributed by atoms with Gasteiger partial charge in [-0.05, 0) is 42.3 Å². The molecule has 0 fully saturated rings. The zero-order valence-electron chi connectivity index (χ0n) is 12.2. The Balaban J connectivity index is 2.40. The molecule has 0 aliphatic rings. The largest absolute Gasteiger partial charge is 0.494 e. The molecule has 1 atom stereocenters. The highest BCUT2D eigenvalue weighted by Gasteiger charge is 2.17. The standard InChI is InChI=1S/C17H19ClFNO/c1-3-10-20-17(13-6-4-5-7-14(13)18)12-8-9-16(21-2)15(19)11-12/h4-9,11,17,20H,3,10H2,1-2H3. The van der Waals surface area contributed by atoms with Crippen LogP contribution in [0.1, 0.15) is 30.5 Å². The van der Waals surface area contributed by atoms with Crippen LogP contribution in [0, 0.1) is 5.82 Å². The van der Waals surface area contributed by atoms with Gasteiger partial charge in [0, 0.05) is 5.02 Å². The second-order valence-electron chi connectivity index (χ2n) is 4.80. The topological polar surface area (TPSA) is 21.3 Å². The molecule has 4 heteroatoms. The van der Waals surface area contributed by atoms with E-state index in [1.165, 1.54) is 13.2 Å². The van der Waals surface area contributed by atoms with E-state index in [1.54, 1.807) is 6.07 Å². The van der Waals surface area contributed by atoms with Crippen molar-refractivity contribution in [2.24, 2.45) is 0 Å². The molecule has 0 heterocycles. The fourth-order valence-corrected chi connectivity index (χ4v) is 2.51. The molecule has 1 N–H and O–H groups in total. The SMILES string of the molecule is CCCNC(c1ccc(OC)c(F)c1)c1ccccc1Cl. The Kier molecular flexibility index (Phi) is 5.59. The number of rotatable bonds is 6. The number of hydrogen-bond donors (Lipinski definition) is 1. The molecule has 0 bridgehead atoms. The Hall–Kier alpha value is -1.58. The predicted molar refractivity (Wildman–Crippen MR) is 84.5 cm³/mol. The quantitative estimate of drug-likeness (QED) is 0.843. The van der Waals surface area contributed by atoms with Gasteiger partial charge in [0.2, 0.25) is 0 Å². The van der Waals surface area contributed by atoms with Crippen molar-refractivity contribution in [3.8, 4) is 5.75 Å². The number of hydrogen-bond acceptors (Lipinski definition) is 2. The van der Waals surface area contributed by atoms with Gasteiger partial charge in [0.25, 0.3) is 0 Å². The van der Waals surface area contributed by atoms with Crippen LogP contribution in [0.25, 0.3) is 0 Å². The van der Waals surface area contributed by atoms with E-state index in [1.807, 2.05) is 30.3 Å². The molecule has 0 aliphatic carbocycles. The minimum absolute atomic E-state index is 0.140. The Morgan fingerprint density at radius 1 is 1.24 bits per heavy atom. The first-order valence-corrected chi connectivity index (χ1v) is 7.36. The Morgan fingerprint density at radius 2 is 2.00 bits per heavy atom. The Morgan fingerprint density at radius 3 is 2.62 bits per heavy atom. The molecule has 0 saturated heterocycles. The average Bonchev–Trinajstić information content (AvgIpc) is 2.49. The fraction of sp³-hybridized carbons (Fsp3) is 0.294. The van der Waals surface area contributed by atoms with Crippen LogP contribution < -0.4 is 10.1 Å². The molecule has 2 nitrogen and oxygen atoms in total. The van der Waals surface area contributed by atoms with Crippen molar-refractivity contribution in [1.29, 1.82) is 0 Å². The molecule has 0 saturated carbocycles. The van der Waals surface area contributed by atoms with E-state index >= 15 is 0 Å². The van der Waals surface area contributed by atoms with Crippen LogP contribution in [0.2, 0.25) is 5.02 Å². The van der Waals surface area contributed by atoms with E-state index in [4.69, 9.17) is 16.3 Å². The molecule has 2 aromatic rings. The molecule has 0 spiro atoms. The average molecular weight is 308 g/mol. The third kappa shape index (κ3) is 3.74. The summed E-state index contributed by atoms with van der Waals surface area (Å²) in [6, 6.07) is 12.5. The molecule has 2 aromatic carbocycles. The van der Waals surface area contributed by atoms with Gasteiger partial charge in [0.15, 0.2) is 11.6 Å².